The van der Waals surface area contributed by atoms with E-state index in [1.165, 1.54) is 0 Å². The van der Waals surface area contributed by atoms with Crippen LogP contribution in [-0.2, 0) is 16.0 Å². The molecule has 40 heavy (non-hydrogen) atoms. The summed E-state index contributed by atoms with van der Waals surface area (Å²) < 4.78 is 0. The van der Waals surface area contributed by atoms with Crippen molar-refractivity contribution in [1.29, 1.82) is 0 Å². The lowest BCUT2D eigenvalue weighted by atomic mass is 9.78. The lowest BCUT2D eigenvalue weighted by molar-refractivity contribution is -0.134. The number of hydrogen-bond donors (Lipinski definition) is 5. The molecule has 0 heterocycles. The van der Waals surface area contributed by atoms with E-state index in [-0.39, 0.29) is 48.9 Å². The molecule has 3 atom stereocenters. The van der Waals surface area contributed by atoms with E-state index >= 15 is 0 Å². The SMILES string of the molecule is CCC(CC)NC(=O)C[C@@H](C(=O)NC[C@@H](O)[C@H](Cc1ccc(O)cc1)NC(=O)c1cc(C)ccc1C)C(C)(C)C. The molecule has 0 aliphatic heterocycles. The topological polar surface area (TPSA) is 128 Å². The van der Waals surface area contributed by atoms with Gasteiger partial charge in [0.15, 0.2) is 0 Å². The van der Waals surface area contributed by atoms with Gasteiger partial charge in [0.25, 0.3) is 5.91 Å². The van der Waals surface area contributed by atoms with Crippen LogP contribution < -0.4 is 16.0 Å². The zero-order valence-corrected chi connectivity index (χ0v) is 25.0. The molecule has 2 rings (SSSR count). The molecule has 2 aromatic rings. The van der Waals surface area contributed by atoms with Crippen molar-refractivity contribution >= 4 is 17.7 Å². The predicted octanol–water partition coefficient (Wildman–Crippen LogP) is 4.18. The van der Waals surface area contributed by atoms with Crippen LogP contribution in [0.2, 0.25) is 0 Å². The van der Waals surface area contributed by atoms with Crippen LogP contribution in [0.4, 0.5) is 0 Å². The molecule has 0 spiro atoms. The number of aliphatic hydroxyl groups is 1. The molecule has 8 nitrogen and oxygen atoms in total. The normalized spacial score (nSPS) is 13.8. The Balaban J connectivity index is 2.18. The van der Waals surface area contributed by atoms with Gasteiger partial charge in [-0.05, 0) is 67.9 Å². The van der Waals surface area contributed by atoms with E-state index in [1.807, 2.05) is 60.6 Å². The maximum atomic E-state index is 13.3. The van der Waals surface area contributed by atoms with Crippen LogP contribution in [0.1, 0.15) is 80.9 Å². The maximum Gasteiger partial charge on any atom is 0.251 e. The number of amides is 3. The highest BCUT2D eigenvalue weighted by atomic mass is 16.3. The van der Waals surface area contributed by atoms with Gasteiger partial charge in [-0.25, -0.2) is 0 Å². The summed E-state index contributed by atoms with van der Waals surface area (Å²) in [6.45, 7) is 13.4. The van der Waals surface area contributed by atoms with Crippen LogP contribution >= 0.6 is 0 Å². The van der Waals surface area contributed by atoms with Crippen LogP contribution in [-0.4, -0.2) is 52.7 Å². The number of phenolic OH excluding ortho intramolecular Hbond substituents is 1. The number of phenols is 1. The first-order valence-electron chi connectivity index (χ1n) is 14.2. The third-order valence-electron chi connectivity index (χ3n) is 7.40. The molecular formula is C32H47N3O5. The van der Waals surface area contributed by atoms with Crippen molar-refractivity contribution < 1.29 is 24.6 Å². The van der Waals surface area contributed by atoms with Gasteiger partial charge in [-0.15, -0.1) is 0 Å². The second-order valence-electron chi connectivity index (χ2n) is 11.8. The summed E-state index contributed by atoms with van der Waals surface area (Å²) >= 11 is 0. The Hall–Kier alpha value is -3.39. The van der Waals surface area contributed by atoms with Gasteiger partial charge in [0, 0.05) is 24.6 Å². The first kappa shape index (κ1) is 32.8. The highest BCUT2D eigenvalue weighted by molar-refractivity contribution is 5.96. The van der Waals surface area contributed by atoms with Crippen molar-refractivity contribution in [3.8, 4) is 5.75 Å². The van der Waals surface area contributed by atoms with Crippen molar-refractivity contribution in [2.75, 3.05) is 6.54 Å². The predicted molar refractivity (Wildman–Crippen MR) is 158 cm³/mol. The molecule has 0 aliphatic carbocycles. The Labute approximate surface area is 239 Å². The van der Waals surface area contributed by atoms with E-state index < -0.39 is 23.5 Å². The van der Waals surface area contributed by atoms with Crippen molar-refractivity contribution in [3.05, 3.63) is 64.7 Å². The van der Waals surface area contributed by atoms with Crippen LogP contribution in [0.3, 0.4) is 0 Å². The molecule has 0 radical (unpaired) electrons. The Bertz CT molecular complexity index is 1140. The second-order valence-corrected chi connectivity index (χ2v) is 11.8. The third-order valence-corrected chi connectivity index (χ3v) is 7.40. The summed E-state index contributed by atoms with van der Waals surface area (Å²) in [5, 5.41) is 29.6. The summed E-state index contributed by atoms with van der Waals surface area (Å²) in [5.41, 5.74) is 2.60. The Morgan fingerprint density at radius 2 is 1.55 bits per heavy atom. The number of aliphatic hydroxyl groups excluding tert-OH is 1. The van der Waals surface area contributed by atoms with E-state index in [0.29, 0.717) is 5.56 Å². The van der Waals surface area contributed by atoms with Crippen LogP contribution in [0.15, 0.2) is 42.5 Å². The van der Waals surface area contributed by atoms with Gasteiger partial charge >= 0.3 is 0 Å². The minimum atomic E-state index is -1.11. The van der Waals surface area contributed by atoms with Gasteiger partial charge < -0.3 is 26.2 Å². The van der Waals surface area contributed by atoms with Gasteiger partial charge in [0.1, 0.15) is 5.75 Å². The number of nitrogens with one attached hydrogen (secondary N) is 3. The molecule has 2 aromatic carbocycles. The van der Waals surface area contributed by atoms with Crippen molar-refractivity contribution in [2.24, 2.45) is 11.3 Å². The molecular weight excluding hydrogens is 506 g/mol. The number of carbonyl (C=O) groups excluding carboxylic acids is 3. The second kappa shape index (κ2) is 14.8. The first-order chi connectivity index (χ1) is 18.7. The third kappa shape index (κ3) is 9.97. The van der Waals surface area contributed by atoms with Gasteiger partial charge in [-0.2, -0.15) is 0 Å². The van der Waals surface area contributed by atoms with Crippen LogP contribution in [0.25, 0.3) is 0 Å². The summed E-state index contributed by atoms with van der Waals surface area (Å²) in [6.07, 6.45) is 0.857. The summed E-state index contributed by atoms with van der Waals surface area (Å²) in [6, 6.07) is 11.5. The monoisotopic (exact) mass is 553 g/mol. The number of aromatic hydroxyl groups is 1. The average Bonchev–Trinajstić information content (AvgIpc) is 2.90. The molecule has 0 unspecified atom stereocenters. The standard InChI is InChI=1S/C32H47N3O5/c1-8-23(9-2)34-29(38)18-26(32(5,6)7)31(40)33-19-28(37)27(17-22-12-14-24(36)15-13-22)35-30(39)25-16-20(3)10-11-21(25)4/h10-16,23,26-28,36-37H,8-9,17-19H2,1-7H3,(H,33,40)(H,34,38)(H,35,39)/t26-,27-,28+/m0/s1. The molecule has 8 heteroatoms. The first-order valence-corrected chi connectivity index (χ1v) is 14.2. The molecule has 220 valence electrons. The molecule has 5 N–H and O–H groups in total. The van der Waals surface area contributed by atoms with Gasteiger partial charge in [-0.3, -0.25) is 14.4 Å². The minimum absolute atomic E-state index is 0.0439. The van der Waals surface area contributed by atoms with Gasteiger partial charge in [-0.1, -0.05) is 64.4 Å². The highest BCUT2D eigenvalue weighted by Gasteiger charge is 2.34. The van der Waals surface area contributed by atoms with E-state index in [4.69, 9.17) is 0 Å². The Kier molecular flexibility index (Phi) is 12.2. The fourth-order valence-electron chi connectivity index (χ4n) is 4.62. The zero-order valence-electron chi connectivity index (χ0n) is 25.0. The summed E-state index contributed by atoms with van der Waals surface area (Å²) in [5.74, 6) is -1.30. The summed E-state index contributed by atoms with van der Waals surface area (Å²) in [7, 11) is 0. The summed E-state index contributed by atoms with van der Waals surface area (Å²) in [4.78, 5) is 39.2. The molecule has 0 aromatic heterocycles. The molecule has 0 fully saturated rings. The van der Waals surface area contributed by atoms with Crippen LogP contribution in [0.5, 0.6) is 5.75 Å². The molecule has 0 saturated heterocycles. The van der Waals surface area contributed by atoms with Crippen molar-refractivity contribution in [1.82, 2.24) is 16.0 Å². The number of aryl methyl sites for hydroxylation is 2. The van der Waals surface area contributed by atoms with Crippen molar-refractivity contribution in [2.45, 2.75) is 92.3 Å². The Morgan fingerprint density at radius 3 is 2.12 bits per heavy atom. The zero-order chi connectivity index (χ0) is 30.0. The smallest absolute Gasteiger partial charge is 0.251 e. The molecule has 0 bridgehead atoms. The average molecular weight is 554 g/mol. The van der Waals surface area contributed by atoms with Gasteiger partial charge in [0.2, 0.25) is 11.8 Å². The quantitative estimate of drug-likeness (QED) is 0.254. The van der Waals surface area contributed by atoms with Gasteiger partial charge in [0.05, 0.1) is 18.1 Å². The largest absolute Gasteiger partial charge is 0.508 e. The maximum absolute atomic E-state index is 13.3. The van der Waals surface area contributed by atoms with Crippen LogP contribution in [0, 0.1) is 25.2 Å². The lowest BCUT2D eigenvalue weighted by Gasteiger charge is -2.31. The van der Waals surface area contributed by atoms with E-state index in [9.17, 15) is 24.6 Å². The number of carbonyl (C=O) groups is 3. The molecule has 0 saturated carbocycles. The minimum Gasteiger partial charge on any atom is -0.508 e. The van der Waals surface area contributed by atoms with E-state index in [0.717, 1.165) is 29.5 Å². The number of hydrogen-bond acceptors (Lipinski definition) is 5. The molecule has 0 aliphatic rings. The highest BCUT2D eigenvalue weighted by Crippen LogP contribution is 2.29. The van der Waals surface area contributed by atoms with Crippen molar-refractivity contribution in [3.63, 3.8) is 0 Å². The molecule has 3 amide bonds. The van der Waals surface area contributed by atoms with E-state index in [1.54, 1.807) is 30.3 Å². The fraction of sp³-hybridized carbons (Fsp3) is 0.531. The Morgan fingerprint density at radius 1 is 0.925 bits per heavy atom. The number of rotatable bonds is 13. The lowest BCUT2D eigenvalue weighted by Crippen LogP contribution is -2.51. The number of benzene rings is 2. The van der Waals surface area contributed by atoms with E-state index in [2.05, 4.69) is 16.0 Å². The fourth-order valence-corrected chi connectivity index (χ4v) is 4.62.